The van der Waals surface area contributed by atoms with E-state index in [1.54, 1.807) is 12.1 Å². The standard InChI is InChI=1S/C12H13Cl2NO4S/c1-18-11-9(19-12(15-11)10(13)14)7-3-5-8(6-4-7)20(2,16)17/h3-6,9-11H,1-2H3. The van der Waals surface area contributed by atoms with Gasteiger partial charge in [0.2, 0.25) is 5.90 Å². The van der Waals surface area contributed by atoms with E-state index >= 15 is 0 Å². The highest BCUT2D eigenvalue weighted by atomic mass is 35.5. The van der Waals surface area contributed by atoms with Crippen molar-refractivity contribution in [1.29, 1.82) is 0 Å². The van der Waals surface area contributed by atoms with Gasteiger partial charge in [0, 0.05) is 13.4 Å². The summed E-state index contributed by atoms with van der Waals surface area (Å²) in [5, 5.41) is 0. The molecule has 1 aliphatic rings. The molecule has 2 atom stereocenters. The van der Waals surface area contributed by atoms with Crippen molar-refractivity contribution in [1.82, 2.24) is 0 Å². The molecule has 5 nitrogen and oxygen atoms in total. The van der Waals surface area contributed by atoms with Crippen LogP contribution in [0.2, 0.25) is 0 Å². The number of sulfone groups is 1. The highest BCUT2D eigenvalue weighted by molar-refractivity contribution is 7.90. The van der Waals surface area contributed by atoms with Crippen molar-refractivity contribution in [3.63, 3.8) is 0 Å². The molecule has 1 aromatic carbocycles. The number of benzene rings is 1. The summed E-state index contributed by atoms with van der Waals surface area (Å²) in [7, 11) is -1.73. The molecule has 1 aliphatic heterocycles. The number of hydrogen-bond acceptors (Lipinski definition) is 5. The first-order valence-corrected chi connectivity index (χ1v) is 8.44. The van der Waals surface area contributed by atoms with Crippen molar-refractivity contribution in [3.05, 3.63) is 29.8 Å². The molecule has 1 heterocycles. The summed E-state index contributed by atoms with van der Waals surface area (Å²) in [5.74, 6) is 0.192. The second-order valence-electron chi connectivity index (χ2n) is 4.27. The van der Waals surface area contributed by atoms with Crippen molar-refractivity contribution in [2.24, 2.45) is 4.99 Å². The Morgan fingerprint density at radius 2 is 1.90 bits per heavy atom. The highest BCUT2D eigenvalue weighted by Gasteiger charge is 2.34. The lowest BCUT2D eigenvalue weighted by molar-refractivity contribution is 0.0256. The van der Waals surface area contributed by atoms with E-state index in [1.165, 1.54) is 19.2 Å². The maximum Gasteiger partial charge on any atom is 0.221 e. The van der Waals surface area contributed by atoms with Gasteiger partial charge < -0.3 is 9.47 Å². The van der Waals surface area contributed by atoms with Gasteiger partial charge in [0.05, 0.1) is 4.90 Å². The summed E-state index contributed by atoms with van der Waals surface area (Å²) in [6, 6.07) is 6.33. The van der Waals surface area contributed by atoms with E-state index in [0.29, 0.717) is 0 Å². The number of alkyl halides is 2. The largest absolute Gasteiger partial charge is 0.466 e. The number of aliphatic imine (C=N–C) groups is 1. The third-order valence-corrected chi connectivity index (χ3v) is 4.33. The Kier molecular flexibility index (Phi) is 4.59. The summed E-state index contributed by atoms with van der Waals surface area (Å²) in [5.41, 5.74) is 0.733. The van der Waals surface area contributed by atoms with Gasteiger partial charge in [-0.1, -0.05) is 35.3 Å². The van der Waals surface area contributed by atoms with Crippen LogP contribution in [0.1, 0.15) is 11.7 Å². The van der Waals surface area contributed by atoms with Crippen LogP contribution in [0, 0.1) is 0 Å². The molecular weight excluding hydrogens is 325 g/mol. The zero-order valence-corrected chi connectivity index (χ0v) is 13.1. The van der Waals surface area contributed by atoms with E-state index in [1.807, 2.05) is 0 Å². The quantitative estimate of drug-likeness (QED) is 0.791. The molecule has 0 saturated carbocycles. The van der Waals surface area contributed by atoms with E-state index in [-0.39, 0.29) is 10.8 Å². The lowest BCUT2D eigenvalue weighted by Crippen LogP contribution is -2.16. The molecule has 0 spiro atoms. The molecule has 8 heteroatoms. The zero-order valence-electron chi connectivity index (χ0n) is 10.8. The molecule has 0 fully saturated rings. The Hall–Kier alpha value is -0.820. The minimum atomic E-state index is -3.23. The fraction of sp³-hybridized carbons (Fsp3) is 0.417. The van der Waals surface area contributed by atoms with Gasteiger partial charge in [-0.05, 0) is 17.7 Å². The Labute approximate surface area is 127 Å². The maximum absolute atomic E-state index is 11.4. The fourth-order valence-electron chi connectivity index (χ4n) is 1.83. The van der Waals surface area contributed by atoms with Gasteiger partial charge in [-0.25, -0.2) is 13.4 Å². The van der Waals surface area contributed by atoms with Crippen molar-refractivity contribution in [3.8, 4) is 0 Å². The van der Waals surface area contributed by atoms with E-state index in [4.69, 9.17) is 32.7 Å². The molecule has 0 bridgehead atoms. The molecule has 0 saturated heterocycles. The predicted octanol–water partition coefficient (Wildman–Crippen LogP) is 2.34. The first-order valence-electron chi connectivity index (χ1n) is 5.68. The van der Waals surface area contributed by atoms with Gasteiger partial charge in [0.15, 0.2) is 27.0 Å². The number of hydrogen-bond donors (Lipinski definition) is 0. The lowest BCUT2D eigenvalue weighted by atomic mass is 10.1. The van der Waals surface area contributed by atoms with Crippen LogP contribution in [0.4, 0.5) is 0 Å². The molecule has 0 amide bonds. The molecule has 1 aromatic rings. The minimum Gasteiger partial charge on any atom is -0.466 e. The van der Waals surface area contributed by atoms with Gasteiger partial charge in [0.25, 0.3) is 0 Å². The van der Waals surface area contributed by atoms with Crippen LogP contribution in [0.15, 0.2) is 34.2 Å². The van der Waals surface area contributed by atoms with E-state index < -0.39 is 27.0 Å². The Bertz CT molecular complexity index is 613. The Morgan fingerprint density at radius 3 is 2.35 bits per heavy atom. The molecule has 2 unspecified atom stereocenters. The maximum atomic E-state index is 11.4. The second-order valence-corrected chi connectivity index (χ2v) is 7.39. The van der Waals surface area contributed by atoms with Gasteiger partial charge in [-0.3, -0.25) is 0 Å². The van der Waals surface area contributed by atoms with Gasteiger partial charge in [-0.2, -0.15) is 0 Å². The third-order valence-electron chi connectivity index (χ3n) is 2.83. The van der Waals surface area contributed by atoms with Crippen LogP contribution in [-0.4, -0.2) is 38.7 Å². The summed E-state index contributed by atoms with van der Waals surface area (Å²) >= 11 is 11.4. The van der Waals surface area contributed by atoms with Crippen molar-refractivity contribution in [2.45, 2.75) is 22.1 Å². The van der Waals surface area contributed by atoms with Gasteiger partial charge in [0.1, 0.15) is 0 Å². The van der Waals surface area contributed by atoms with Crippen molar-refractivity contribution < 1.29 is 17.9 Å². The van der Waals surface area contributed by atoms with Crippen LogP contribution in [0.5, 0.6) is 0 Å². The van der Waals surface area contributed by atoms with E-state index in [9.17, 15) is 8.42 Å². The molecule has 2 rings (SSSR count). The summed E-state index contributed by atoms with van der Waals surface area (Å²) in [6.45, 7) is 0. The molecule has 0 radical (unpaired) electrons. The Morgan fingerprint density at radius 1 is 1.30 bits per heavy atom. The predicted molar refractivity (Wildman–Crippen MR) is 77.1 cm³/mol. The average Bonchev–Trinajstić information content (AvgIpc) is 2.82. The summed E-state index contributed by atoms with van der Waals surface area (Å²) < 4.78 is 33.6. The highest BCUT2D eigenvalue weighted by Crippen LogP contribution is 2.32. The van der Waals surface area contributed by atoms with Crippen LogP contribution in [-0.2, 0) is 19.3 Å². The lowest BCUT2D eigenvalue weighted by Gasteiger charge is -2.17. The molecular formula is C12H13Cl2NO4S. The monoisotopic (exact) mass is 337 g/mol. The molecule has 0 aromatic heterocycles. The number of methoxy groups -OCH3 is 1. The van der Waals surface area contributed by atoms with Crippen LogP contribution in [0.25, 0.3) is 0 Å². The second kappa shape index (κ2) is 5.89. The molecule has 20 heavy (non-hydrogen) atoms. The molecule has 0 N–H and O–H groups in total. The van der Waals surface area contributed by atoms with Crippen LogP contribution < -0.4 is 0 Å². The molecule has 0 aliphatic carbocycles. The van der Waals surface area contributed by atoms with E-state index in [0.717, 1.165) is 11.8 Å². The number of halogens is 2. The topological polar surface area (TPSA) is 65.0 Å². The average molecular weight is 338 g/mol. The van der Waals surface area contributed by atoms with Gasteiger partial charge >= 0.3 is 0 Å². The van der Waals surface area contributed by atoms with Gasteiger partial charge in [-0.15, -0.1) is 0 Å². The fourth-order valence-corrected chi connectivity index (χ4v) is 2.68. The van der Waals surface area contributed by atoms with E-state index in [2.05, 4.69) is 4.99 Å². The van der Waals surface area contributed by atoms with Crippen LogP contribution in [0.3, 0.4) is 0 Å². The Balaban J connectivity index is 2.25. The smallest absolute Gasteiger partial charge is 0.221 e. The zero-order chi connectivity index (χ0) is 14.9. The third kappa shape index (κ3) is 3.25. The first kappa shape index (κ1) is 15.6. The van der Waals surface area contributed by atoms with Crippen molar-refractivity contribution >= 4 is 38.9 Å². The van der Waals surface area contributed by atoms with Crippen molar-refractivity contribution in [2.75, 3.05) is 13.4 Å². The normalized spacial score (nSPS) is 22.8. The number of ether oxygens (including phenoxy) is 2. The SMILES string of the molecule is COC1N=C(C(Cl)Cl)OC1c1ccc(S(C)(=O)=O)cc1. The minimum absolute atomic E-state index is 0.192. The first-order chi connectivity index (χ1) is 9.32. The molecule has 110 valence electrons. The number of nitrogens with zero attached hydrogens (tertiary/aromatic N) is 1. The summed E-state index contributed by atoms with van der Waals surface area (Å²) in [6.07, 6.45) is 0.0939. The summed E-state index contributed by atoms with van der Waals surface area (Å²) in [4.78, 5) is 3.50. The number of rotatable bonds is 4. The van der Waals surface area contributed by atoms with Crippen LogP contribution >= 0.6 is 23.2 Å².